The van der Waals surface area contributed by atoms with E-state index in [9.17, 15) is 14.4 Å². The maximum Gasteiger partial charge on any atom is 0.326 e. The first-order chi connectivity index (χ1) is 15.8. The average molecular weight is 482 g/mol. The normalized spacial score (nSPS) is 14.8. The first-order valence-corrected chi connectivity index (χ1v) is 11.0. The number of halogens is 2. The van der Waals surface area contributed by atoms with Crippen molar-refractivity contribution in [3.8, 4) is 0 Å². The van der Waals surface area contributed by atoms with E-state index in [1.165, 1.54) is 4.90 Å². The molecule has 1 fully saturated rings. The summed E-state index contributed by atoms with van der Waals surface area (Å²) in [4.78, 5) is 41.9. The van der Waals surface area contributed by atoms with Crippen molar-refractivity contribution in [1.82, 2.24) is 15.1 Å². The van der Waals surface area contributed by atoms with Crippen LogP contribution in [0.25, 0.3) is 0 Å². The van der Waals surface area contributed by atoms with Gasteiger partial charge in [-0.1, -0.05) is 89.9 Å². The molecule has 168 valence electrons. The summed E-state index contributed by atoms with van der Waals surface area (Å²) >= 11 is 12.0. The fourth-order valence-electron chi connectivity index (χ4n) is 3.91. The second-order valence-corrected chi connectivity index (χ2v) is 8.62. The van der Waals surface area contributed by atoms with Gasteiger partial charge in [0.1, 0.15) is 6.54 Å². The standard InChI is InChI=1S/C25H21Cl2N3O3/c1-29(15-17-12-13-20(26)21(27)14-17)22(31)16-30-23(32)25(28-24(30)33,18-8-4-2-5-9-18)19-10-6-3-7-11-19/h2-14H,15-16H2,1H3,(H,28,33). The van der Waals surface area contributed by atoms with Gasteiger partial charge in [-0.05, 0) is 28.8 Å². The zero-order valence-electron chi connectivity index (χ0n) is 17.8. The van der Waals surface area contributed by atoms with Crippen LogP contribution in [0.5, 0.6) is 0 Å². The molecule has 3 aromatic carbocycles. The van der Waals surface area contributed by atoms with Crippen LogP contribution in [0.3, 0.4) is 0 Å². The predicted octanol–water partition coefficient (Wildman–Crippen LogP) is 4.45. The van der Waals surface area contributed by atoms with Crippen LogP contribution in [-0.4, -0.2) is 41.2 Å². The maximum atomic E-state index is 13.7. The highest BCUT2D eigenvalue weighted by molar-refractivity contribution is 6.42. The molecule has 33 heavy (non-hydrogen) atoms. The number of benzene rings is 3. The second kappa shape index (κ2) is 9.25. The predicted molar refractivity (Wildman–Crippen MR) is 127 cm³/mol. The van der Waals surface area contributed by atoms with Crippen molar-refractivity contribution in [3.05, 3.63) is 106 Å². The van der Waals surface area contributed by atoms with Crippen LogP contribution >= 0.6 is 23.2 Å². The van der Waals surface area contributed by atoms with Crippen LogP contribution in [-0.2, 0) is 21.7 Å². The van der Waals surface area contributed by atoms with Crippen molar-refractivity contribution in [2.45, 2.75) is 12.1 Å². The molecule has 1 saturated heterocycles. The van der Waals surface area contributed by atoms with E-state index in [0.29, 0.717) is 21.2 Å². The lowest BCUT2D eigenvalue weighted by Crippen LogP contribution is -2.46. The third-order valence-corrected chi connectivity index (χ3v) is 6.38. The van der Waals surface area contributed by atoms with Crippen LogP contribution < -0.4 is 5.32 Å². The number of likely N-dealkylation sites (N-methyl/N-ethyl adjacent to an activating group) is 1. The van der Waals surface area contributed by atoms with Gasteiger partial charge in [0.25, 0.3) is 5.91 Å². The van der Waals surface area contributed by atoms with Crippen molar-refractivity contribution >= 4 is 41.0 Å². The smallest absolute Gasteiger partial charge is 0.326 e. The van der Waals surface area contributed by atoms with E-state index in [2.05, 4.69) is 5.32 Å². The number of carbonyl (C=O) groups is 3. The van der Waals surface area contributed by atoms with Gasteiger partial charge in [-0.2, -0.15) is 0 Å². The van der Waals surface area contributed by atoms with Crippen molar-refractivity contribution in [2.24, 2.45) is 0 Å². The third-order valence-electron chi connectivity index (χ3n) is 5.64. The van der Waals surface area contributed by atoms with Crippen molar-refractivity contribution in [3.63, 3.8) is 0 Å². The Morgan fingerprint density at radius 3 is 2.03 bits per heavy atom. The number of carbonyl (C=O) groups excluding carboxylic acids is 3. The molecule has 0 radical (unpaired) electrons. The van der Waals surface area contributed by atoms with Gasteiger partial charge in [0.15, 0.2) is 5.54 Å². The molecule has 0 aliphatic carbocycles. The van der Waals surface area contributed by atoms with Crippen LogP contribution in [0, 0.1) is 0 Å². The SMILES string of the molecule is CN(Cc1ccc(Cl)c(Cl)c1)C(=O)CN1C(=O)NC(c2ccccc2)(c2ccccc2)C1=O. The fourth-order valence-corrected chi connectivity index (χ4v) is 4.23. The largest absolute Gasteiger partial charge is 0.340 e. The van der Waals surface area contributed by atoms with Crippen LogP contribution in [0.4, 0.5) is 4.79 Å². The van der Waals surface area contributed by atoms with Gasteiger partial charge in [-0.3, -0.25) is 14.5 Å². The minimum absolute atomic E-state index is 0.252. The quantitative estimate of drug-likeness (QED) is 0.528. The molecular formula is C25H21Cl2N3O3. The van der Waals surface area contributed by atoms with Gasteiger partial charge in [-0.25, -0.2) is 4.79 Å². The lowest BCUT2D eigenvalue weighted by Gasteiger charge is -2.28. The molecular weight excluding hydrogens is 461 g/mol. The van der Waals surface area contributed by atoms with E-state index in [1.807, 2.05) is 12.1 Å². The lowest BCUT2D eigenvalue weighted by atomic mass is 9.82. The van der Waals surface area contributed by atoms with E-state index >= 15 is 0 Å². The molecule has 4 rings (SSSR count). The Kier molecular flexibility index (Phi) is 6.40. The molecule has 3 aromatic rings. The van der Waals surface area contributed by atoms with Crippen molar-refractivity contribution < 1.29 is 14.4 Å². The third kappa shape index (κ3) is 4.32. The van der Waals surface area contributed by atoms with E-state index in [0.717, 1.165) is 10.5 Å². The van der Waals surface area contributed by atoms with Gasteiger partial charge in [0.2, 0.25) is 5.91 Å². The number of rotatable bonds is 6. The highest BCUT2D eigenvalue weighted by atomic mass is 35.5. The maximum absolute atomic E-state index is 13.7. The summed E-state index contributed by atoms with van der Waals surface area (Å²) in [5.41, 5.74) is 0.616. The lowest BCUT2D eigenvalue weighted by molar-refractivity contribution is -0.138. The van der Waals surface area contributed by atoms with Crippen LogP contribution in [0.1, 0.15) is 16.7 Å². The minimum atomic E-state index is -1.40. The zero-order chi connectivity index (χ0) is 23.6. The van der Waals surface area contributed by atoms with E-state index < -0.39 is 17.5 Å². The Labute approximate surface area is 201 Å². The number of amides is 4. The summed E-state index contributed by atoms with van der Waals surface area (Å²) in [5.74, 6) is -0.886. The summed E-state index contributed by atoms with van der Waals surface area (Å²) < 4.78 is 0. The van der Waals surface area contributed by atoms with Crippen molar-refractivity contribution in [1.29, 1.82) is 0 Å². The first kappa shape index (κ1) is 22.8. The molecule has 0 bridgehead atoms. The Morgan fingerprint density at radius 2 is 1.48 bits per heavy atom. The number of urea groups is 1. The molecule has 6 nitrogen and oxygen atoms in total. The van der Waals surface area contributed by atoms with Gasteiger partial charge in [0, 0.05) is 13.6 Å². The van der Waals surface area contributed by atoms with Gasteiger partial charge >= 0.3 is 6.03 Å². The highest BCUT2D eigenvalue weighted by Gasteiger charge is 2.54. The molecule has 0 atom stereocenters. The summed E-state index contributed by atoms with van der Waals surface area (Å²) in [7, 11) is 1.60. The Hall–Kier alpha value is -3.35. The molecule has 0 aromatic heterocycles. The number of imide groups is 1. The number of hydrogen-bond acceptors (Lipinski definition) is 3. The van der Waals surface area contributed by atoms with Gasteiger partial charge in [0.05, 0.1) is 10.0 Å². The summed E-state index contributed by atoms with van der Waals surface area (Å²) in [5, 5.41) is 3.65. The average Bonchev–Trinajstić information content (AvgIpc) is 3.08. The minimum Gasteiger partial charge on any atom is -0.340 e. The summed E-state index contributed by atoms with van der Waals surface area (Å²) in [6.07, 6.45) is 0. The van der Waals surface area contributed by atoms with Crippen molar-refractivity contribution in [2.75, 3.05) is 13.6 Å². The fraction of sp³-hybridized carbons (Fsp3) is 0.160. The molecule has 1 N–H and O–H groups in total. The van der Waals surface area contributed by atoms with Gasteiger partial charge < -0.3 is 10.2 Å². The molecule has 0 spiro atoms. The molecule has 4 amide bonds. The summed E-state index contributed by atoms with van der Waals surface area (Å²) in [6, 6.07) is 22.5. The first-order valence-electron chi connectivity index (χ1n) is 10.3. The molecule has 1 aliphatic heterocycles. The van der Waals surface area contributed by atoms with E-state index in [-0.39, 0.29) is 19.0 Å². The highest BCUT2D eigenvalue weighted by Crippen LogP contribution is 2.36. The Bertz CT molecular complexity index is 1160. The molecule has 1 heterocycles. The summed E-state index contributed by atoms with van der Waals surface area (Å²) in [6.45, 7) is -0.133. The number of nitrogens with zero attached hydrogens (tertiary/aromatic N) is 2. The molecule has 1 aliphatic rings. The molecule has 0 saturated carbocycles. The molecule has 0 unspecified atom stereocenters. The Balaban J connectivity index is 1.59. The number of hydrogen-bond donors (Lipinski definition) is 1. The van der Waals surface area contributed by atoms with Gasteiger partial charge in [-0.15, -0.1) is 0 Å². The Morgan fingerprint density at radius 1 is 0.909 bits per heavy atom. The van der Waals surface area contributed by atoms with Crippen LogP contribution in [0.15, 0.2) is 78.9 Å². The van der Waals surface area contributed by atoms with Crippen LogP contribution in [0.2, 0.25) is 10.0 Å². The van der Waals surface area contributed by atoms with E-state index in [4.69, 9.17) is 23.2 Å². The monoisotopic (exact) mass is 481 g/mol. The topological polar surface area (TPSA) is 69.7 Å². The number of nitrogens with one attached hydrogen (secondary N) is 1. The second-order valence-electron chi connectivity index (χ2n) is 7.80. The molecule has 8 heteroatoms. The van der Waals surface area contributed by atoms with E-state index in [1.54, 1.807) is 73.8 Å². The zero-order valence-corrected chi connectivity index (χ0v) is 19.3.